The molecule has 0 aliphatic carbocycles. The zero-order valence-corrected chi connectivity index (χ0v) is 17.6. The molecule has 0 saturated heterocycles. The van der Waals surface area contributed by atoms with E-state index in [1.165, 1.54) is 4.31 Å². The van der Waals surface area contributed by atoms with Crippen LogP contribution in [-0.2, 0) is 14.8 Å². The fourth-order valence-corrected chi connectivity index (χ4v) is 3.65. The highest BCUT2D eigenvalue weighted by Crippen LogP contribution is 2.21. The molecule has 0 aromatic heterocycles. The van der Waals surface area contributed by atoms with Crippen molar-refractivity contribution in [3.05, 3.63) is 59.1 Å². The number of hydrogen-bond donors (Lipinski definition) is 1. The number of carbonyl (C=O) groups excluding carboxylic acids is 1. The summed E-state index contributed by atoms with van der Waals surface area (Å²) in [5.41, 5.74) is 1.68. The zero-order chi connectivity index (χ0) is 20.6. The number of aryl methyl sites for hydroxylation is 1. The molecule has 6 nitrogen and oxygen atoms in total. The van der Waals surface area contributed by atoms with Crippen molar-refractivity contribution in [1.29, 1.82) is 0 Å². The van der Waals surface area contributed by atoms with Crippen molar-refractivity contribution in [2.45, 2.75) is 19.8 Å². The summed E-state index contributed by atoms with van der Waals surface area (Å²) in [5.74, 6) is 0.615. The quantitative estimate of drug-likeness (QED) is 0.593. The molecule has 0 radical (unpaired) electrons. The Morgan fingerprint density at radius 1 is 1.11 bits per heavy atom. The summed E-state index contributed by atoms with van der Waals surface area (Å²) in [6.07, 6.45) is 1.77. The van der Waals surface area contributed by atoms with Gasteiger partial charge in [0.1, 0.15) is 12.4 Å². The molecule has 0 spiro atoms. The molecule has 0 saturated carbocycles. The van der Waals surface area contributed by atoms with Crippen LogP contribution in [0.2, 0.25) is 5.02 Å². The predicted molar refractivity (Wildman–Crippen MR) is 113 cm³/mol. The molecule has 0 atom stereocenters. The Hall–Kier alpha value is -2.25. The summed E-state index contributed by atoms with van der Waals surface area (Å²) in [6.45, 7) is 2.98. The molecule has 2 aromatic rings. The second kappa shape index (κ2) is 10.3. The van der Waals surface area contributed by atoms with Crippen molar-refractivity contribution in [3.8, 4) is 5.75 Å². The molecule has 1 N–H and O–H groups in total. The summed E-state index contributed by atoms with van der Waals surface area (Å²) in [7, 11) is -3.44. The standard InChI is InChI=1S/C20H25ClN2O4S/c1-16-5-11-19(12-6-16)27-15-13-22-20(24)4-3-14-23(28(2,25)26)18-9-7-17(21)8-10-18/h5-12H,3-4,13-15H2,1-2H3,(H,22,24). The van der Waals surface area contributed by atoms with Gasteiger partial charge in [-0.3, -0.25) is 9.10 Å². The first-order valence-electron chi connectivity index (χ1n) is 8.95. The molecule has 152 valence electrons. The number of rotatable bonds is 10. The number of nitrogens with zero attached hydrogens (tertiary/aromatic N) is 1. The highest BCUT2D eigenvalue weighted by atomic mass is 35.5. The molecule has 0 fully saturated rings. The van der Waals surface area contributed by atoms with Gasteiger partial charge in [-0.05, 0) is 49.7 Å². The number of anilines is 1. The van der Waals surface area contributed by atoms with Gasteiger partial charge in [0.25, 0.3) is 0 Å². The van der Waals surface area contributed by atoms with Gasteiger partial charge < -0.3 is 10.1 Å². The van der Waals surface area contributed by atoms with Crippen LogP contribution in [0.5, 0.6) is 5.75 Å². The van der Waals surface area contributed by atoms with E-state index >= 15 is 0 Å². The lowest BCUT2D eigenvalue weighted by molar-refractivity contribution is -0.121. The van der Waals surface area contributed by atoms with Gasteiger partial charge in [-0.2, -0.15) is 0 Å². The van der Waals surface area contributed by atoms with Gasteiger partial charge in [0.05, 0.1) is 18.5 Å². The van der Waals surface area contributed by atoms with Gasteiger partial charge in [0.15, 0.2) is 0 Å². The fourth-order valence-electron chi connectivity index (χ4n) is 2.56. The lowest BCUT2D eigenvalue weighted by atomic mass is 10.2. The molecule has 0 unspecified atom stereocenters. The first-order valence-corrected chi connectivity index (χ1v) is 11.2. The number of nitrogens with one attached hydrogen (secondary N) is 1. The average molecular weight is 425 g/mol. The van der Waals surface area contributed by atoms with Crippen LogP contribution in [0.25, 0.3) is 0 Å². The second-order valence-corrected chi connectivity index (χ2v) is 8.77. The van der Waals surface area contributed by atoms with Crippen LogP contribution >= 0.6 is 11.6 Å². The highest BCUT2D eigenvalue weighted by Gasteiger charge is 2.17. The monoisotopic (exact) mass is 424 g/mol. The van der Waals surface area contributed by atoms with E-state index in [-0.39, 0.29) is 18.9 Å². The maximum absolute atomic E-state index is 12.0. The van der Waals surface area contributed by atoms with Gasteiger partial charge in [-0.25, -0.2) is 8.42 Å². The number of hydrogen-bond acceptors (Lipinski definition) is 4. The summed E-state index contributed by atoms with van der Waals surface area (Å²) in [6, 6.07) is 14.2. The van der Waals surface area contributed by atoms with Crippen molar-refractivity contribution in [1.82, 2.24) is 5.32 Å². The Morgan fingerprint density at radius 3 is 2.36 bits per heavy atom. The second-order valence-electron chi connectivity index (χ2n) is 6.43. The van der Waals surface area contributed by atoms with Crippen molar-refractivity contribution in [3.63, 3.8) is 0 Å². The topological polar surface area (TPSA) is 75.7 Å². The molecule has 0 bridgehead atoms. The van der Waals surface area contributed by atoms with E-state index in [0.29, 0.717) is 30.3 Å². The largest absolute Gasteiger partial charge is 0.492 e. The summed E-state index contributed by atoms with van der Waals surface area (Å²) >= 11 is 5.85. The molecule has 28 heavy (non-hydrogen) atoms. The first-order chi connectivity index (χ1) is 13.3. The Morgan fingerprint density at radius 2 is 1.75 bits per heavy atom. The minimum Gasteiger partial charge on any atom is -0.492 e. The molecule has 8 heteroatoms. The van der Waals surface area contributed by atoms with Gasteiger partial charge in [0.2, 0.25) is 15.9 Å². The van der Waals surface area contributed by atoms with Gasteiger partial charge in [-0.1, -0.05) is 29.3 Å². The van der Waals surface area contributed by atoms with Crippen LogP contribution in [0.4, 0.5) is 5.69 Å². The van der Waals surface area contributed by atoms with Crippen LogP contribution in [-0.4, -0.2) is 40.3 Å². The number of halogens is 1. The molecule has 1 amide bonds. The minimum atomic E-state index is -3.44. The average Bonchev–Trinajstić information content (AvgIpc) is 2.64. The van der Waals surface area contributed by atoms with Gasteiger partial charge >= 0.3 is 0 Å². The Balaban J connectivity index is 1.73. The molecule has 0 aliphatic rings. The van der Waals surface area contributed by atoms with E-state index in [4.69, 9.17) is 16.3 Å². The van der Waals surface area contributed by atoms with E-state index in [1.807, 2.05) is 31.2 Å². The number of benzene rings is 2. The van der Waals surface area contributed by atoms with Crippen molar-refractivity contribution in [2.75, 3.05) is 30.3 Å². The Bertz CT molecular complexity index is 868. The van der Waals surface area contributed by atoms with Crippen LogP contribution in [0.1, 0.15) is 18.4 Å². The highest BCUT2D eigenvalue weighted by molar-refractivity contribution is 7.92. The minimum absolute atomic E-state index is 0.142. The van der Waals surface area contributed by atoms with Crippen molar-refractivity contribution in [2.24, 2.45) is 0 Å². The Labute approximate surface area is 171 Å². The lowest BCUT2D eigenvalue weighted by Gasteiger charge is -2.22. The number of amides is 1. The normalized spacial score (nSPS) is 11.1. The third-order valence-corrected chi connectivity index (χ3v) is 5.44. The van der Waals surface area contributed by atoms with Crippen LogP contribution in [0.3, 0.4) is 0 Å². The van der Waals surface area contributed by atoms with Crippen LogP contribution < -0.4 is 14.4 Å². The lowest BCUT2D eigenvalue weighted by Crippen LogP contribution is -2.32. The molecular formula is C20H25ClN2O4S. The van der Waals surface area contributed by atoms with E-state index in [1.54, 1.807) is 24.3 Å². The summed E-state index contributed by atoms with van der Waals surface area (Å²) in [5, 5.41) is 3.31. The Kier molecular flexibility index (Phi) is 8.14. The smallest absolute Gasteiger partial charge is 0.232 e. The number of sulfonamides is 1. The van der Waals surface area contributed by atoms with Crippen LogP contribution in [0, 0.1) is 6.92 Å². The number of ether oxygens (including phenoxy) is 1. The summed E-state index contributed by atoms with van der Waals surface area (Å²) < 4.78 is 30.9. The summed E-state index contributed by atoms with van der Waals surface area (Å²) in [4.78, 5) is 12.0. The van der Waals surface area contributed by atoms with Gasteiger partial charge in [-0.15, -0.1) is 0 Å². The van der Waals surface area contributed by atoms with Crippen LogP contribution in [0.15, 0.2) is 48.5 Å². The number of carbonyl (C=O) groups is 1. The first kappa shape index (κ1) is 22.0. The molecular weight excluding hydrogens is 400 g/mol. The molecule has 0 heterocycles. The van der Waals surface area contributed by atoms with Crippen molar-refractivity contribution >= 4 is 33.2 Å². The maximum Gasteiger partial charge on any atom is 0.232 e. The molecule has 2 rings (SSSR count). The third-order valence-electron chi connectivity index (χ3n) is 3.99. The van der Waals surface area contributed by atoms with E-state index in [2.05, 4.69) is 5.32 Å². The SMILES string of the molecule is Cc1ccc(OCCNC(=O)CCCN(c2ccc(Cl)cc2)S(C)(=O)=O)cc1. The van der Waals surface area contributed by atoms with Crippen molar-refractivity contribution < 1.29 is 17.9 Å². The van der Waals surface area contributed by atoms with E-state index in [9.17, 15) is 13.2 Å². The predicted octanol–water partition coefficient (Wildman–Crippen LogP) is 3.39. The molecule has 2 aromatic carbocycles. The van der Waals surface area contributed by atoms with E-state index < -0.39 is 10.0 Å². The third kappa shape index (κ3) is 7.40. The molecule has 0 aliphatic heterocycles. The van der Waals surface area contributed by atoms with E-state index in [0.717, 1.165) is 17.6 Å². The van der Waals surface area contributed by atoms with Gasteiger partial charge in [0, 0.05) is 18.0 Å². The fraction of sp³-hybridized carbons (Fsp3) is 0.350. The zero-order valence-electron chi connectivity index (χ0n) is 16.0. The maximum atomic E-state index is 12.0.